The first kappa shape index (κ1) is 9.73. The molecule has 1 amide bonds. The first-order chi connectivity index (χ1) is 6.20. The zero-order valence-electron chi connectivity index (χ0n) is 7.14. The quantitative estimate of drug-likeness (QED) is 0.562. The van der Waals surface area contributed by atoms with Crippen molar-refractivity contribution in [1.82, 2.24) is 10.2 Å². The SMILES string of the molecule is O=C(O)/C=C/C(=O)N1CC[N]CC1. The second-order valence-corrected chi connectivity index (χ2v) is 2.67. The van der Waals surface area contributed by atoms with Crippen molar-refractivity contribution in [3.05, 3.63) is 12.2 Å². The van der Waals surface area contributed by atoms with Gasteiger partial charge in [-0.3, -0.25) is 4.79 Å². The molecule has 13 heavy (non-hydrogen) atoms. The molecule has 0 saturated carbocycles. The predicted octanol–water partition coefficient (Wildman–Crippen LogP) is -0.926. The van der Waals surface area contributed by atoms with Gasteiger partial charge in [-0.2, -0.15) is 0 Å². The Kier molecular flexibility index (Phi) is 3.45. The fraction of sp³-hybridized carbons (Fsp3) is 0.500. The number of carbonyl (C=O) groups is 2. The summed E-state index contributed by atoms with van der Waals surface area (Å²) in [6, 6.07) is 0. The number of nitrogens with zero attached hydrogens (tertiary/aromatic N) is 2. The number of carboxylic acid groups (broad SMARTS) is 1. The molecule has 1 heterocycles. The standard InChI is InChI=1S/C8H11N2O3/c11-7(1-2-8(12)13)10-5-3-9-4-6-10/h1-2H,3-6H2,(H,12,13)/b2-1+. The second-order valence-electron chi connectivity index (χ2n) is 2.67. The molecule has 1 saturated heterocycles. The van der Waals surface area contributed by atoms with Crippen LogP contribution in [0.1, 0.15) is 0 Å². The number of carboxylic acids is 1. The van der Waals surface area contributed by atoms with Crippen molar-refractivity contribution in [2.75, 3.05) is 26.2 Å². The van der Waals surface area contributed by atoms with Crippen molar-refractivity contribution in [1.29, 1.82) is 0 Å². The van der Waals surface area contributed by atoms with E-state index in [-0.39, 0.29) is 5.91 Å². The van der Waals surface area contributed by atoms with Crippen molar-refractivity contribution >= 4 is 11.9 Å². The molecule has 1 radical (unpaired) electrons. The lowest BCUT2D eigenvalue weighted by atomic mass is 10.3. The van der Waals surface area contributed by atoms with Crippen LogP contribution in [-0.4, -0.2) is 48.1 Å². The van der Waals surface area contributed by atoms with Crippen LogP contribution in [0.3, 0.4) is 0 Å². The minimum Gasteiger partial charge on any atom is -0.478 e. The van der Waals surface area contributed by atoms with Gasteiger partial charge in [0.25, 0.3) is 0 Å². The summed E-state index contributed by atoms with van der Waals surface area (Å²) in [6.45, 7) is 2.46. The maximum atomic E-state index is 11.2. The maximum Gasteiger partial charge on any atom is 0.328 e. The number of hydrogen-bond acceptors (Lipinski definition) is 2. The maximum absolute atomic E-state index is 11.2. The Hall–Kier alpha value is -1.36. The normalized spacial score (nSPS) is 17.7. The van der Waals surface area contributed by atoms with Crippen LogP contribution in [0, 0.1) is 0 Å². The van der Waals surface area contributed by atoms with E-state index in [0.717, 1.165) is 12.2 Å². The zero-order valence-corrected chi connectivity index (χ0v) is 7.14. The van der Waals surface area contributed by atoms with Gasteiger partial charge < -0.3 is 10.0 Å². The van der Waals surface area contributed by atoms with Crippen molar-refractivity contribution in [2.45, 2.75) is 0 Å². The van der Waals surface area contributed by atoms with E-state index in [1.54, 1.807) is 4.90 Å². The average Bonchev–Trinajstić information content (AvgIpc) is 2.15. The summed E-state index contributed by atoms with van der Waals surface area (Å²) in [4.78, 5) is 22.9. The third-order valence-corrected chi connectivity index (χ3v) is 1.74. The van der Waals surface area contributed by atoms with E-state index in [9.17, 15) is 9.59 Å². The Balaban J connectivity index is 2.41. The minimum atomic E-state index is -1.10. The molecule has 5 heteroatoms. The Morgan fingerprint density at radius 3 is 2.38 bits per heavy atom. The van der Waals surface area contributed by atoms with E-state index in [2.05, 4.69) is 5.32 Å². The minimum absolute atomic E-state index is 0.252. The lowest BCUT2D eigenvalue weighted by Crippen LogP contribution is -2.43. The van der Waals surface area contributed by atoms with Gasteiger partial charge in [-0.25, -0.2) is 10.1 Å². The smallest absolute Gasteiger partial charge is 0.328 e. The number of piperazine rings is 1. The van der Waals surface area contributed by atoms with Gasteiger partial charge in [0.1, 0.15) is 0 Å². The van der Waals surface area contributed by atoms with Crippen LogP contribution in [-0.2, 0) is 9.59 Å². The topological polar surface area (TPSA) is 71.7 Å². The Morgan fingerprint density at radius 1 is 1.23 bits per heavy atom. The molecule has 1 fully saturated rings. The van der Waals surface area contributed by atoms with Gasteiger partial charge in [-0.1, -0.05) is 0 Å². The molecule has 0 aromatic carbocycles. The molecule has 1 rings (SSSR count). The molecule has 0 atom stereocenters. The van der Waals surface area contributed by atoms with Gasteiger partial charge in [0.15, 0.2) is 0 Å². The van der Waals surface area contributed by atoms with E-state index in [1.807, 2.05) is 0 Å². The number of carbonyl (C=O) groups excluding carboxylic acids is 1. The number of aliphatic carboxylic acids is 1. The average molecular weight is 183 g/mol. The summed E-state index contributed by atoms with van der Waals surface area (Å²) < 4.78 is 0. The van der Waals surface area contributed by atoms with Crippen molar-refractivity contribution in [2.24, 2.45) is 0 Å². The molecular weight excluding hydrogens is 172 g/mol. The molecule has 0 aromatic rings. The molecule has 0 aliphatic carbocycles. The molecule has 0 bridgehead atoms. The molecule has 1 N–H and O–H groups in total. The monoisotopic (exact) mass is 183 g/mol. The Labute approximate surface area is 76.0 Å². The van der Waals surface area contributed by atoms with Crippen LogP contribution in [0.25, 0.3) is 0 Å². The molecule has 1 aliphatic rings. The molecule has 71 valence electrons. The highest BCUT2D eigenvalue weighted by Gasteiger charge is 2.13. The fourth-order valence-electron chi connectivity index (χ4n) is 1.07. The summed E-state index contributed by atoms with van der Waals surface area (Å²) in [5, 5.41) is 12.4. The summed E-state index contributed by atoms with van der Waals surface area (Å²) in [7, 11) is 0. The first-order valence-corrected chi connectivity index (χ1v) is 4.03. The van der Waals surface area contributed by atoms with Gasteiger partial charge in [-0.15, -0.1) is 0 Å². The lowest BCUT2D eigenvalue weighted by molar-refractivity contribution is -0.132. The van der Waals surface area contributed by atoms with Crippen LogP contribution in [0.15, 0.2) is 12.2 Å². The van der Waals surface area contributed by atoms with E-state index < -0.39 is 5.97 Å². The Bertz CT molecular complexity index is 232. The molecule has 0 spiro atoms. The summed E-state index contributed by atoms with van der Waals surface area (Å²) >= 11 is 0. The highest BCUT2D eigenvalue weighted by molar-refractivity contribution is 5.93. The third kappa shape index (κ3) is 3.25. The van der Waals surface area contributed by atoms with Gasteiger partial charge in [0, 0.05) is 38.3 Å². The summed E-state index contributed by atoms with van der Waals surface area (Å²) in [5.74, 6) is -1.35. The second kappa shape index (κ2) is 4.61. The zero-order chi connectivity index (χ0) is 9.68. The molecule has 1 aliphatic heterocycles. The van der Waals surface area contributed by atoms with E-state index in [1.165, 1.54) is 0 Å². The van der Waals surface area contributed by atoms with E-state index >= 15 is 0 Å². The van der Waals surface area contributed by atoms with E-state index in [4.69, 9.17) is 5.11 Å². The third-order valence-electron chi connectivity index (χ3n) is 1.74. The summed E-state index contributed by atoms with van der Waals surface area (Å²) in [5.41, 5.74) is 0. The lowest BCUT2D eigenvalue weighted by Gasteiger charge is -2.25. The predicted molar refractivity (Wildman–Crippen MR) is 45.2 cm³/mol. The first-order valence-electron chi connectivity index (χ1n) is 4.03. The largest absolute Gasteiger partial charge is 0.478 e. The van der Waals surface area contributed by atoms with Crippen LogP contribution < -0.4 is 5.32 Å². The van der Waals surface area contributed by atoms with Crippen molar-refractivity contribution in [3.63, 3.8) is 0 Å². The van der Waals surface area contributed by atoms with Gasteiger partial charge in [0.05, 0.1) is 0 Å². The van der Waals surface area contributed by atoms with Crippen LogP contribution in [0.5, 0.6) is 0 Å². The highest BCUT2D eigenvalue weighted by Crippen LogP contribution is 1.95. The van der Waals surface area contributed by atoms with Crippen LogP contribution in [0.4, 0.5) is 0 Å². The number of rotatable bonds is 2. The van der Waals surface area contributed by atoms with Gasteiger partial charge in [0.2, 0.25) is 5.91 Å². The van der Waals surface area contributed by atoms with Gasteiger partial charge in [-0.05, 0) is 0 Å². The van der Waals surface area contributed by atoms with Crippen LogP contribution in [0.2, 0.25) is 0 Å². The van der Waals surface area contributed by atoms with E-state index in [0.29, 0.717) is 26.2 Å². The molecule has 0 unspecified atom stereocenters. The van der Waals surface area contributed by atoms with Crippen LogP contribution >= 0.6 is 0 Å². The summed E-state index contributed by atoms with van der Waals surface area (Å²) in [6.07, 6.45) is 1.93. The van der Waals surface area contributed by atoms with Crippen molar-refractivity contribution < 1.29 is 14.7 Å². The fourth-order valence-corrected chi connectivity index (χ4v) is 1.07. The highest BCUT2D eigenvalue weighted by atomic mass is 16.4. The molecule has 0 aromatic heterocycles. The molecule has 5 nitrogen and oxygen atoms in total. The number of hydrogen-bond donors (Lipinski definition) is 1. The van der Waals surface area contributed by atoms with Gasteiger partial charge >= 0.3 is 5.97 Å². The Morgan fingerprint density at radius 2 is 1.85 bits per heavy atom. The van der Waals surface area contributed by atoms with Crippen molar-refractivity contribution in [3.8, 4) is 0 Å². The number of amides is 1. The molecular formula is C8H11N2O3.